The Hall–Kier alpha value is -0.770. The summed E-state index contributed by atoms with van der Waals surface area (Å²) in [7, 11) is 0. The van der Waals surface area contributed by atoms with Gasteiger partial charge in [0.2, 0.25) is 0 Å². The van der Waals surface area contributed by atoms with Crippen LogP contribution in [0.1, 0.15) is 27.2 Å². The van der Waals surface area contributed by atoms with Gasteiger partial charge in [-0.1, -0.05) is 20.8 Å². The number of hydrogen-bond donors (Lipinski definition) is 2. The average molecular weight is 215 g/mol. The van der Waals surface area contributed by atoms with Crippen LogP contribution in [0.25, 0.3) is 0 Å². The van der Waals surface area contributed by atoms with Gasteiger partial charge in [0.1, 0.15) is 0 Å². The third-order valence-corrected chi connectivity index (χ3v) is 3.37. The second kappa shape index (κ2) is 4.39. The fourth-order valence-corrected chi connectivity index (χ4v) is 2.37. The van der Waals surface area contributed by atoms with E-state index in [1.54, 1.807) is 0 Å². The molecule has 0 spiro atoms. The van der Waals surface area contributed by atoms with Gasteiger partial charge in [-0.25, -0.2) is 4.79 Å². The first kappa shape index (κ1) is 12.3. The zero-order chi connectivity index (χ0) is 11.6. The van der Waals surface area contributed by atoms with E-state index < -0.39 is 6.09 Å². The summed E-state index contributed by atoms with van der Waals surface area (Å²) in [5, 5.41) is 18.2. The molecule has 1 heterocycles. The van der Waals surface area contributed by atoms with E-state index in [2.05, 4.69) is 20.8 Å². The van der Waals surface area contributed by atoms with Crippen LogP contribution in [0.15, 0.2) is 0 Å². The fourth-order valence-electron chi connectivity index (χ4n) is 2.37. The Bertz CT molecular complexity index is 234. The molecular formula is C11H21NO3. The van der Waals surface area contributed by atoms with E-state index >= 15 is 0 Å². The number of likely N-dealkylation sites (tertiary alicyclic amines) is 1. The van der Waals surface area contributed by atoms with Crippen molar-refractivity contribution in [3.63, 3.8) is 0 Å². The van der Waals surface area contributed by atoms with Crippen LogP contribution in [-0.4, -0.2) is 40.9 Å². The lowest BCUT2D eigenvalue weighted by Crippen LogP contribution is -2.48. The van der Waals surface area contributed by atoms with Crippen LogP contribution in [0.4, 0.5) is 4.79 Å². The number of carbonyl (C=O) groups is 1. The van der Waals surface area contributed by atoms with Crippen LogP contribution in [-0.2, 0) is 0 Å². The van der Waals surface area contributed by atoms with Crippen molar-refractivity contribution < 1.29 is 15.0 Å². The topological polar surface area (TPSA) is 60.8 Å². The van der Waals surface area contributed by atoms with Gasteiger partial charge < -0.3 is 15.1 Å². The Morgan fingerprint density at radius 3 is 2.47 bits per heavy atom. The number of piperidine rings is 1. The number of amides is 1. The number of hydrogen-bond acceptors (Lipinski definition) is 2. The van der Waals surface area contributed by atoms with E-state index in [1.165, 1.54) is 4.90 Å². The third-order valence-electron chi connectivity index (χ3n) is 3.37. The fraction of sp³-hybridized carbons (Fsp3) is 0.909. The Labute approximate surface area is 90.9 Å². The summed E-state index contributed by atoms with van der Waals surface area (Å²) in [6.07, 6.45) is -0.0780. The quantitative estimate of drug-likeness (QED) is 0.699. The monoisotopic (exact) mass is 215 g/mol. The van der Waals surface area contributed by atoms with Crippen molar-refractivity contribution in [2.45, 2.75) is 27.2 Å². The summed E-state index contributed by atoms with van der Waals surface area (Å²) in [4.78, 5) is 12.3. The molecule has 88 valence electrons. The highest BCUT2D eigenvalue weighted by molar-refractivity contribution is 5.65. The molecule has 0 aromatic rings. The van der Waals surface area contributed by atoms with E-state index in [0.29, 0.717) is 13.1 Å². The molecule has 4 nitrogen and oxygen atoms in total. The predicted octanol–water partition coefficient (Wildman–Crippen LogP) is 1.64. The first-order valence-electron chi connectivity index (χ1n) is 5.45. The van der Waals surface area contributed by atoms with Gasteiger partial charge in [0.05, 0.1) is 0 Å². The third kappa shape index (κ3) is 2.84. The predicted molar refractivity (Wildman–Crippen MR) is 57.7 cm³/mol. The molecule has 2 unspecified atom stereocenters. The molecule has 1 rings (SSSR count). The summed E-state index contributed by atoms with van der Waals surface area (Å²) >= 11 is 0. The zero-order valence-electron chi connectivity index (χ0n) is 9.73. The van der Waals surface area contributed by atoms with Crippen molar-refractivity contribution in [2.24, 2.45) is 17.3 Å². The minimum Gasteiger partial charge on any atom is -0.465 e. The van der Waals surface area contributed by atoms with Gasteiger partial charge in [-0.3, -0.25) is 0 Å². The highest BCUT2D eigenvalue weighted by atomic mass is 16.4. The molecule has 0 radical (unpaired) electrons. The average Bonchev–Trinajstić information content (AvgIpc) is 2.15. The minimum absolute atomic E-state index is 0.0432. The van der Waals surface area contributed by atoms with Crippen molar-refractivity contribution in [3.05, 3.63) is 0 Å². The molecule has 1 saturated heterocycles. The summed E-state index contributed by atoms with van der Waals surface area (Å²) < 4.78 is 0. The van der Waals surface area contributed by atoms with Crippen molar-refractivity contribution in [1.29, 1.82) is 0 Å². The molecule has 1 fully saturated rings. The smallest absolute Gasteiger partial charge is 0.407 e. The second-order valence-corrected chi connectivity index (χ2v) is 5.43. The maximum absolute atomic E-state index is 10.9. The Morgan fingerprint density at radius 1 is 1.47 bits per heavy atom. The van der Waals surface area contributed by atoms with Crippen molar-refractivity contribution in [3.8, 4) is 0 Å². The number of aliphatic hydroxyl groups is 1. The molecule has 1 aliphatic rings. The molecule has 0 bridgehead atoms. The highest BCUT2D eigenvalue weighted by Gasteiger charge is 2.37. The maximum atomic E-state index is 10.9. The molecule has 0 aliphatic carbocycles. The standard InChI is InChI=1S/C11H21NO3/c1-11(2,3)9-6-12(10(14)15)5-4-8(9)7-13/h8-9,13H,4-7H2,1-3H3,(H,14,15). The number of rotatable bonds is 1. The van der Waals surface area contributed by atoms with Gasteiger partial charge in [0.25, 0.3) is 0 Å². The molecule has 15 heavy (non-hydrogen) atoms. The normalized spacial score (nSPS) is 27.9. The van der Waals surface area contributed by atoms with Gasteiger partial charge in [0, 0.05) is 19.7 Å². The van der Waals surface area contributed by atoms with E-state index in [4.69, 9.17) is 5.11 Å². The van der Waals surface area contributed by atoms with Gasteiger partial charge >= 0.3 is 6.09 Å². The Morgan fingerprint density at radius 2 is 2.07 bits per heavy atom. The van der Waals surface area contributed by atoms with Gasteiger partial charge in [-0.2, -0.15) is 0 Å². The number of carboxylic acid groups (broad SMARTS) is 1. The first-order valence-corrected chi connectivity index (χ1v) is 5.45. The van der Waals surface area contributed by atoms with Gasteiger partial charge in [-0.05, 0) is 23.7 Å². The van der Waals surface area contributed by atoms with Crippen molar-refractivity contribution in [1.82, 2.24) is 4.90 Å². The molecular weight excluding hydrogens is 194 g/mol. The van der Waals surface area contributed by atoms with E-state index in [0.717, 1.165) is 6.42 Å². The van der Waals surface area contributed by atoms with Crippen molar-refractivity contribution in [2.75, 3.05) is 19.7 Å². The largest absolute Gasteiger partial charge is 0.465 e. The molecule has 0 aromatic carbocycles. The summed E-state index contributed by atoms with van der Waals surface area (Å²) in [6, 6.07) is 0. The highest BCUT2D eigenvalue weighted by Crippen LogP contribution is 2.37. The molecule has 0 aromatic heterocycles. The SMILES string of the molecule is CC(C)(C)C1CN(C(=O)O)CCC1CO. The van der Waals surface area contributed by atoms with E-state index in [1.807, 2.05) is 0 Å². The minimum atomic E-state index is -0.847. The summed E-state index contributed by atoms with van der Waals surface area (Å²) in [5.41, 5.74) is 0.0432. The van der Waals surface area contributed by atoms with Crippen molar-refractivity contribution >= 4 is 6.09 Å². The van der Waals surface area contributed by atoms with E-state index in [-0.39, 0.29) is 23.9 Å². The molecule has 1 amide bonds. The van der Waals surface area contributed by atoms with Crippen LogP contribution in [0.5, 0.6) is 0 Å². The Balaban J connectivity index is 2.74. The lowest BCUT2D eigenvalue weighted by atomic mass is 9.70. The molecule has 2 N–H and O–H groups in total. The van der Waals surface area contributed by atoms with Gasteiger partial charge in [0.15, 0.2) is 0 Å². The van der Waals surface area contributed by atoms with Crippen LogP contribution in [0.2, 0.25) is 0 Å². The maximum Gasteiger partial charge on any atom is 0.407 e. The number of aliphatic hydroxyl groups excluding tert-OH is 1. The Kier molecular flexibility index (Phi) is 3.60. The molecule has 4 heteroatoms. The zero-order valence-corrected chi connectivity index (χ0v) is 9.73. The van der Waals surface area contributed by atoms with Crippen LogP contribution in [0.3, 0.4) is 0 Å². The van der Waals surface area contributed by atoms with Crippen LogP contribution >= 0.6 is 0 Å². The lowest BCUT2D eigenvalue weighted by molar-refractivity contribution is 0.0207. The number of nitrogens with zero attached hydrogens (tertiary/aromatic N) is 1. The van der Waals surface area contributed by atoms with E-state index in [9.17, 15) is 9.90 Å². The summed E-state index contributed by atoms with van der Waals surface area (Å²) in [6.45, 7) is 7.57. The lowest BCUT2D eigenvalue weighted by Gasteiger charge is -2.43. The first-order chi connectivity index (χ1) is 6.86. The van der Waals surface area contributed by atoms with Crippen LogP contribution < -0.4 is 0 Å². The molecule has 2 atom stereocenters. The second-order valence-electron chi connectivity index (χ2n) is 5.43. The summed E-state index contributed by atoms with van der Waals surface area (Å²) in [5.74, 6) is 0.480. The molecule has 1 aliphatic heterocycles. The van der Waals surface area contributed by atoms with Crippen LogP contribution in [0, 0.1) is 17.3 Å². The van der Waals surface area contributed by atoms with Gasteiger partial charge in [-0.15, -0.1) is 0 Å². The molecule has 0 saturated carbocycles.